The number of anilines is 1. The van der Waals surface area contributed by atoms with Crippen LogP contribution in [0.3, 0.4) is 0 Å². The van der Waals surface area contributed by atoms with Crippen molar-refractivity contribution in [3.8, 4) is 6.07 Å². The second-order valence-corrected chi connectivity index (χ2v) is 8.78. The maximum Gasteiger partial charge on any atom is 0.434 e. The smallest absolute Gasteiger partial charge is 0.434 e. The number of hydrogen-bond acceptors (Lipinski definition) is 7. The lowest BCUT2D eigenvalue weighted by Crippen LogP contribution is -2.33. The maximum absolute atomic E-state index is 12.3. The summed E-state index contributed by atoms with van der Waals surface area (Å²) in [6, 6.07) is 6.06. The van der Waals surface area contributed by atoms with Crippen LogP contribution in [-0.4, -0.2) is 36.3 Å². The molecule has 1 unspecified atom stereocenters. The predicted octanol–water partition coefficient (Wildman–Crippen LogP) is 3.96. The summed E-state index contributed by atoms with van der Waals surface area (Å²) in [5, 5.41) is 16.2. The van der Waals surface area contributed by atoms with Crippen LogP contribution >= 0.6 is 22.7 Å². The van der Waals surface area contributed by atoms with Crippen LogP contribution in [0.4, 0.5) is 9.80 Å². The lowest BCUT2D eigenvalue weighted by Gasteiger charge is -2.24. The van der Waals surface area contributed by atoms with Crippen molar-refractivity contribution in [1.29, 1.82) is 5.26 Å². The average molecular weight is 430 g/mol. The minimum absolute atomic E-state index is 0.258. The third-order valence-electron chi connectivity index (χ3n) is 4.73. The van der Waals surface area contributed by atoms with Gasteiger partial charge >= 0.3 is 6.09 Å². The van der Waals surface area contributed by atoms with E-state index in [2.05, 4.69) is 11.4 Å². The molecule has 0 spiro atoms. The fourth-order valence-electron chi connectivity index (χ4n) is 3.35. The van der Waals surface area contributed by atoms with Crippen LogP contribution in [0.2, 0.25) is 0 Å². The maximum atomic E-state index is 12.3. The van der Waals surface area contributed by atoms with Crippen molar-refractivity contribution in [2.24, 2.45) is 0 Å². The highest BCUT2D eigenvalue weighted by molar-refractivity contribution is 7.16. The minimum Gasteiger partial charge on any atom is -0.444 e. The number of carbonyl (C=O) groups excluding carboxylic acids is 2. The van der Waals surface area contributed by atoms with Crippen molar-refractivity contribution in [1.82, 2.24) is 5.06 Å². The molecule has 7 nitrogen and oxygen atoms in total. The van der Waals surface area contributed by atoms with Gasteiger partial charge in [0.05, 0.1) is 18.7 Å². The Morgan fingerprint density at radius 1 is 1.45 bits per heavy atom. The summed E-state index contributed by atoms with van der Waals surface area (Å²) in [6.45, 7) is 1.08. The molecule has 2 aromatic heterocycles. The molecule has 0 bridgehead atoms. The number of carbonyl (C=O) groups is 2. The van der Waals surface area contributed by atoms with Gasteiger partial charge in [0.2, 0.25) is 5.91 Å². The first kappa shape index (κ1) is 19.6. The van der Waals surface area contributed by atoms with E-state index < -0.39 is 6.09 Å². The Kier molecular flexibility index (Phi) is 5.94. The molecule has 1 aliphatic carbocycles. The largest absolute Gasteiger partial charge is 0.444 e. The molecule has 1 aliphatic heterocycles. The molecule has 2 aromatic rings. The second-order valence-electron chi connectivity index (χ2n) is 6.70. The predicted molar refractivity (Wildman–Crippen MR) is 111 cm³/mol. The van der Waals surface area contributed by atoms with E-state index in [4.69, 9.17) is 9.57 Å². The Labute approximate surface area is 176 Å². The van der Waals surface area contributed by atoms with Crippen molar-refractivity contribution in [3.63, 3.8) is 0 Å². The van der Waals surface area contributed by atoms with Gasteiger partial charge in [-0.25, -0.2) is 4.79 Å². The standard InChI is InChI=1S/C20H19N3O4S2/c21-12-16-15-6-4-13(27-20(25)23-8-2-9-26-23)11-17(15)29-19(16)22-18(24)7-5-14-3-1-10-28-14/h1,3,5,7,10,13H,2,4,6,8-9,11H2,(H,22,24). The molecule has 1 N–H and O–H groups in total. The van der Waals surface area contributed by atoms with Gasteiger partial charge in [-0.05, 0) is 42.3 Å². The number of nitrogens with zero attached hydrogens (tertiary/aromatic N) is 2. The van der Waals surface area contributed by atoms with Gasteiger partial charge in [-0.2, -0.15) is 10.3 Å². The van der Waals surface area contributed by atoms with Crippen molar-refractivity contribution >= 4 is 45.8 Å². The van der Waals surface area contributed by atoms with Gasteiger partial charge in [0.25, 0.3) is 0 Å². The van der Waals surface area contributed by atoms with Crippen LogP contribution in [0, 0.1) is 11.3 Å². The number of nitrogens with one attached hydrogen (secondary N) is 1. The second kappa shape index (κ2) is 8.78. The molecular formula is C20H19N3O4S2. The number of rotatable bonds is 4. The lowest BCUT2D eigenvalue weighted by atomic mass is 9.94. The molecule has 1 fully saturated rings. The molecule has 150 valence electrons. The van der Waals surface area contributed by atoms with E-state index in [-0.39, 0.29) is 12.0 Å². The highest BCUT2D eigenvalue weighted by Crippen LogP contribution is 2.38. The first-order valence-corrected chi connectivity index (χ1v) is 11.0. The van der Waals surface area contributed by atoms with Gasteiger partial charge in [0.15, 0.2) is 0 Å². The van der Waals surface area contributed by atoms with E-state index in [0.29, 0.717) is 43.0 Å². The zero-order chi connectivity index (χ0) is 20.2. The monoisotopic (exact) mass is 429 g/mol. The SMILES string of the molecule is N#Cc1c(NC(=O)C=Cc2cccs2)sc2c1CCC(OC(=O)N1CCCO1)C2. The third kappa shape index (κ3) is 4.50. The summed E-state index contributed by atoms with van der Waals surface area (Å²) in [5.74, 6) is -0.275. The fourth-order valence-corrected chi connectivity index (χ4v) is 5.24. The van der Waals surface area contributed by atoms with E-state index in [1.807, 2.05) is 17.5 Å². The quantitative estimate of drug-likeness (QED) is 0.743. The minimum atomic E-state index is -0.458. The number of amides is 2. The zero-order valence-electron chi connectivity index (χ0n) is 15.6. The molecule has 0 saturated carbocycles. The van der Waals surface area contributed by atoms with Crippen molar-refractivity contribution < 1.29 is 19.2 Å². The number of ether oxygens (including phenoxy) is 1. The summed E-state index contributed by atoms with van der Waals surface area (Å²) in [5.41, 5.74) is 1.45. The molecular weight excluding hydrogens is 410 g/mol. The topological polar surface area (TPSA) is 91.7 Å². The average Bonchev–Trinajstić information content (AvgIpc) is 3.46. The first-order chi connectivity index (χ1) is 14.1. The highest BCUT2D eigenvalue weighted by atomic mass is 32.1. The molecule has 2 amide bonds. The summed E-state index contributed by atoms with van der Waals surface area (Å²) in [7, 11) is 0. The van der Waals surface area contributed by atoms with Gasteiger partial charge in [-0.3, -0.25) is 9.63 Å². The fraction of sp³-hybridized carbons (Fsp3) is 0.350. The number of fused-ring (bicyclic) bond motifs is 1. The van der Waals surface area contributed by atoms with E-state index in [1.54, 1.807) is 17.4 Å². The molecule has 1 saturated heterocycles. The van der Waals surface area contributed by atoms with Crippen molar-refractivity contribution in [3.05, 3.63) is 44.5 Å². The van der Waals surface area contributed by atoms with E-state index in [1.165, 1.54) is 22.5 Å². The Hall–Kier alpha value is -2.67. The van der Waals surface area contributed by atoms with Gasteiger partial charge in [0, 0.05) is 22.3 Å². The molecule has 0 radical (unpaired) electrons. The molecule has 1 atom stereocenters. The third-order valence-corrected chi connectivity index (χ3v) is 6.74. The van der Waals surface area contributed by atoms with Crippen molar-refractivity contribution in [2.75, 3.05) is 18.5 Å². The Morgan fingerprint density at radius 3 is 3.07 bits per heavy atom. The van der Waals surface area contributed by atoms with Crippen LogP contribution in [0.1, 0.15) is 33.7 Å². The molecule has 2 aliphatic rings. The number of hydroxylamine groups is 2. The molecule has 4 rings (SSSR count). The Morgan fingerprint density at radius 2 is 2.34 bits per heavy atom. The molecule has 0 aromatic carbocycles. The first-order valence-electron chi connectivity index (χ1n) is 9.32. The number of thiophene rings is 2. The number of hydrogen-bond donors (Lipinski definition) is 1. The molecule has 3 heterocycles. The summed E-state index contributed by atoms with van der Waals surface area (Å²) < 4.78 is 5.56. The summed E-state index contributed by atoms with van der Waals surface area (Å²) in [4.78, 5) is 31.6. The van der Waals surface area contributed by atoms with Gasteiger partial charge in [0.1, 0.15) is 17.2 Å². The van der Waals surface area contributed by atoms with Gasteiger partial charge in [-0.1, -0.05) is 6.07 Å². The highest BCUT2D eigenvalue weighted by Gasteiger charge is 2.30. The Bertz CT molecular complexity index is 969. The van der Waals surface area contributed by atoms with Crippen molar-refractivity contribution in [2.45, 2.75) is 31.8 Å². The van der Waals surface area contributed by atoms with Crippen LogP contribution in [0.15, 0.2) is 23.6 Å². The summed E-state index contributed by atoms with van der Waals surface area (Å²) in [6.07, 6.45) is 5.12. The lowest BCUT2D eigenvalue weighted by molar-refractivity contribution is -0.111. The van der Waals surface area contributed by atoms with Crippen LogP contribution in [0.5, 0.6) is 0 Å². The number of nitriles is 1. The Balaban J connectivity index is 1.42. The van der Waals surface area contributed by atoms with E-state index in [9.17, 15) is 14.9 Å². The zero-order valence-corrected chi connectivity index (χ0v) is 17.2. The van der Waals surface area contributed by atoms with Crippen LogP contribution in [-0.2, 0) is 27.2 Å². The van der Waals surface area contributed by atoms with Gasteiger partial charge in [-0.15, -0.1) is 22.7 Å². The normalized spacial score (nSPS) is 18.4. The van der Waals surface area contributed by atoms with Crippen LogP contribution in [0.25, 0.3) is 6.08 Å². The molecule has 29 heavy (non-hydrogen) atoms. The van der Waals surface area contributed by atoms with Gasteiger partial charge < -0.3 is 10.1 Å². The van der Waals surface area contributed by atoms with Crippen LogP contribution < -0.4 is 5.32 Å². The van der Waals surface area contributed by atoms with E-state index in [0.717, 1.165) is 21.7 Å². The van der Waals surface area contributed by atoms with E-state index >= 15 is 0 Å². The summed E-state index contributed by atoms with van der Waals surface area (Å²) >= 11 is 2.92. The molecule has 9 heteroatoms.